The lowest BCUT2D eigenvalue weighted by Gasteiger charge is -2.18. The van der Waals surface area contributed by atoms with Gasteiger partial charge in [0.2, 0.25) is 10.0 Å². The van der Waals surface area contributed by atoms with Crippen LogP contribution in [-0.4, -0.2) is 38.0 Å². The van der Waals surface area contributed by atoms with Crippen LogP contribution < -0.4 is 15.4 Å². The Morgan fingerprint density at radius 2 is 1.63 bits per heavy atom. The summed E-state index contributed by atoms with van der Waals surface area (Å²) in [5.74, 6) is 0.777. The van der Waals surface area contributed by atoms with Crippen molar-refractivity contribution >= 4 is 33.0 Å². The molecule has 8 heteroatoms. The maximum absolute atomic E-state index is 12.5. The zero-order valence-electron chi connectivity index (χ0n) is 15.7. The lowest BCUT2D eigenvalue weighted by Crippen LogP contribution is -2.30. The first-order valence-electron chi connectivity index (χ1n) is 8.68. The van der Waals surface area contributed by atoms with Gasteiger partial charge in [-0.15, -0.1) is 0 Å². The second kappa shape index (κ2) is 9.68. The molecule has 2 N–H and O–H groups in total. The van der Waals surface area contributed by atoms with E-state index in [0.29, 0.717) is 29.6 Å². The molecule has 0 unspecified atom stereocenters. The Balaban J connectivity index is 1.93. The molecule has 0 amide bonds. The highest BCUT2D eigenvalue weighted by Crippen LogP contribution is 2.17. The summed E-state index contributed by atoms with van der Waals surface area (Å²) in [4.78, 5) is 0.300. The first-order chi connectivity index (χ1) is 12.9. The minimum atomic E-state index is -3.43. The van der Waals surface area contributed by atoms with Gasteiger partial charge in [0.05, 0.1) is 12.0 Å². The second-order valence-corrected chi connectivity index (χ2v) is 8.12. The van der Waals surface area contributed by atoms with Crippen LogP contribution in [0.4, 0.5) is 5.69 Å². The van der Waals surface area contributed by atoms with E-state index in [4.69, 9.17) is 17.0 Å². The summed E-state index contributed by atoms with van der Waals surface area (Å²) in [5, 5.41) is 6.69. The molecule has 0 atom stereocenters. The number of ether oxygens (including phenoxy) is 1. The van der Waals surface area contributed by atoms with E-state index in [0.717, 1.165) is 17.0 Å². The van der Waals surface area contributed by atoms with Crippen molar-refractivity contribution in [3.05, 3.63) is 54.1 Å². The Morgan fingerprint density at radius 1 is 1.04 bits per heavy atom. The maximum atomic E-state index is 12.5. The molecule has 0 aliphatic carbocycles. The molecule has 0 spiro atoms. The number of hydrogen-bond acceptors (Lipinski definition) is 4. The van der Waals surface area contributed by atoms with Gasteiger partial charge < -0.3 is 15.4 Å². The van der Waals surface area contributed by atoms with E-state index < -0.39 is 10.0 Å². The largest absolute Gasteiger partial charge is 0.497 e. The molecule has 0 aliphatic heterocycles. The summed E-state index contributed by atoms with van der Waals surface area (Å²) in [6.45, 7) is 5.06. The van der Waals surface area contributed by atoms with E-state index in [2.05, 4.69) is 10.6 Å². The number of hydrogen-bond donors (Lipinski definition) is 2. The zero-order valence-corrected chi connectivity index (χ0v) is 17.4. The summed E-state index contributed by atoms with van der Waals surface area (Å²) in [5.41, 5.74) is 1.79. The number of anilines is 1. The molecular weight excluding hydrogens is 382 g/mol. The fourth-order valence-corrected chi connectivity index (χ4v) is 4.17. The van der Waals surface area contributed by atoms with E-state index in [-0.39, 0.29) is 0 Å². The molecule has 2 rings (SSSR count). The number of thiocarbonyl (C=S) groups is 1. The van der Waals surface area contributed by atoms with Crippen LogP contribution in [0.25, 0.3) is 0 Å². The van der Waals surface area contributed by atoms with E-state index in [9.17, 15) is 8.42 Å². The fraction of sp³-hybridized carbons (Fsp3) is 0.316. The lowest BCUT2D eigenvalue weighted by molar-refractivity contribution is 0.415. The molecule has 0 fully saturated rings. The van der Waals surface area contributed by atoms with Gasteiger partial charge in [-0.3, -0.25) is 0 Å². The molecule has 0 saturated carbocycles. The Bertz CT molecular complexity index is 847. The van der Waals surface area contributed by atoms with Gasteiger partial charge in [0.1, 0.15) is 5.75 Å². The topological polar surface area (TPSA) is 70.7 Å². The highest BCUT2D eigenvalue weighted by Gasteiger charge is 2.21. The minimum Gasteiger partial charge on any atom is -0.497 e. The summed E-state index contributed by atoms with van der Waals surface area (Å²) >= 11 is 5.29. The van der Waals surface area contributed by atoms with Crippen molar-refractivity contribution in [2.75, 3.05) is 25.5 Å². The van der Waals surface area contributed by atoms with E-state index in [1.54, 1.807) is 31.4 Å². The van der Waals surface area contributed by atoms with Gasteiger partial charge in [0.15, 0.2) is 5.11 Å². The molecular formula is C19H25N3O3S2. The molecule has 0 bridgehead atoms. The van der Waals surface area contributed by atoms with Crippen molar-refractivity contribution in [1.82, 2.24) is 9.62 Å². The lowest BCUT2D eigenvalue weighted by atomic mass is 10.2. The molecule has 0 aliphatic rings. The van der Waals surface area contributed by atoms with Crippen molar-refractivity contribution in [1.29, 1.82) is 0 Å². The van der Waals surface area contributed by atoms with Crippen LogP contribution in [0.2, 0.25) is 0 Å². The summed E-state index contributed by atoms with van der Waals surface area (Å²) in [6, 6.07) is 14.3. The second-order valence-electron chi connectivity index (χ2n) is 5.77. The molecule has 0 heterocycles. The third-order valence-corrected chi connectivity index (χ3v) is 6.38. The number of rotatable bonds is 8. The molecule has 6 nitrogen and oxygen atoms in total. The van der Waals surface area contributed by atoms with E-state index in [1.165, 1.54) is 4.31 Å². The van der Waals surface area contributed by atoms with Gasteiger partial charge in [-0.1, -0.05) is 26.0 Å². The van der Waals surface area contributed by atoms with Crippen LogP contribution in [0.1, 0.15) is 19.4 Å². The number of benzene rings is 2. The Kier molecular flexibility index (Phi) is 7.58. The van der Waals surface area contributed by atoms with Crippen molar-refractivity contribution in [2.45, 2.75) is 25.3 Å². The fourth-order valence-electron chi connectivity index (χ4n) is 2.52. The Labute approximate surface area is 166 Å². The van der Waals surface area contributed by atoms with Crippen LogP contribution >= 0.6 is 12.2 Å². The average Bonchev–Trinajstić information content (AvgIpc) is 2.68. The van der Waals surface area contributed by atoms with Crippen molar-refractivity contribution < 1.29 is 13.2 Å². The van der Waals surface area contributed by atoms with Gasteiger partial charge in [-0.25, -0.2) is 8.42 Å². The SMILES string of the molecule is CCN(CC)S(=O)(=O)c1ccc(CNC(=S)Nc2ccc(OC)cc2)cc1. The number of sulfonamides is 1. The maximum Gasteiger partial charge on any atom is 0.243 e. The van der Waals surface area contributed by atoms with Gasteiger partial charge in [0, 0.05) is 25.3 Å². The summed E-state index contributed by atoms with van der Waals surface area (Å²) in [7, 11) is -1.81. The molecule has 0 saturated heterocycles. The van der Waals surface area contributed by atoms with Gasteiger partial charge in [0.25, 0.3) is 0 Å². The molecule has 2 aromatic carbocycles. The smallest absolute Gasteiger partial charge is 0.243 e. The van der Waals surface area contributed by atoms with Gasteiger partial charge in [-0.05, 0) is 54.2 Å². The van der Waals surface area contributed by atoms with Crippen LogP contribution in [0, 0.1) is 0 Å². The molecule has 2 aromatic rings. The highest BCUT2D eigenvalue weighted by atomic mass is 32.2. The van der Waals surface area contributed by atoms with Gasteiger partial charge >= 0.3 is 0 Å². The summed E-state index contributed by atoms with van der Waals surface area (Å²) < 4.78 is 31.5. The molecule has 146 valence electrons. The van der Waals surface area contributed by atoms with Gasteiger partial charge in [-0.2, -0.15) is 4.31 Å². The first-order valence-corrected chi connectivity index (χ1v) is 10.5. The monoisotopic (exact) mass is 407 g/mol. The van der Waals surface area contributed by atoms with Crippen molar-refractivity contribution in [3.8, 4) is 5.75 Å². The Hall–Kier alpha value is -2.16. The standard InChI is InChI=1S/C19H25N3O3S2/c1-4-22(5-2)27(23,24)18-12-6-15(7-13-18)14-20-19(26)21-16-8-10-17(25-3)11-9-16/h6-13H,4-5,14H2,1-3H3,(H2,20,21,26). The minimum absolute atomic E-state index is 0.300. The van der Waals surface area contributed by atoms with Crippen molar-refractivity contribution in [2.24, 2.45) is 0 Å². The third kappa shape index (κ3) is 5.66. The Morgan fingerprint density at radius 3 is 2.15 bits per heavy atom. The predicted molar refractivity (Wildman–Crippen MR) is 113 cm³/mol. The normalized spacial score (nSPS) is 11.3. The molecule has 0 aromatic heterocycles. The number of methoxy groups -OCH3 is 1. The number of nitrogens with zero attached hydrogens (tertiary/aromatic N) is 1. The van der Waals surface area contributed by atoms with Crippen LogP contribution in [0.3, 0.4) is 0 Å². The number of nitrogens with one attached hydrogen (secondary N) is 2. The van der Waals surface area contributed by atoms with Crippen molar-refractivity contribution in [3.63, 3.8) is 0 Å². The summed E-state index contributed by atoms with van der Waals surface area (Å²) in [6.07, 6.45) is 0. The average molecular weight is 408 g/mol. The van der Waals surface area contributed by atoms with Crippen LogP contribution in [0.15, 0.2) is 53.4 Å². The van der Waals surface area contributed by atoms with Crippen LogP contribution in [0.5, 0.6) is 5.75 Å². The zero-order chi connectivity index (χ0) is 19.9. The highest BCUT2D eigenvalue weighted by molar-refractivity contribution is 7.89. The van der Waals surface area contributed by atoms with E-state index in [1.807, 2.05) is 38.1 Å². The molecule has 27 heavy (non-hydrogen) atoms. The quantitative estimate of drug-likeness (QED) is 0.655. The molecule has 0 radical (unpaired) electrons. The van der Waals surface area contributed by atoms with E-state index >= 15 is 0 Å². The van der Waals surface area contributed by atoms with Crippen LogP contribution in [-0.2, 0) is 16.6 Å². The third-order valence-electron chi connectivity index (χ3n) is 4.07. The predicted octanol–water partition coefficient (Wildman–Crippen LogP) is 3.21. The first kappa shape index (κ1) is 21.1.